The molecule has 0 amide bonds. The highest BCUT2D eigenvalue weighted by Gasteiger charge is 2.16. The number of allylic oxidation sites excluding steroid dienone is 3. The molecule has 5 heteroatoms. The van der Waals surface area contributed by atoms with Crippen LogP contribution in [0, 0.1) is 0 Å². The van der Waals surface area contributed by atoms with E-state index in [1.807, 2.05) is 6.21 Å². The van der Waals surface area contributed by atoms with Crippen molar-refractivity contribution in [2.45, 2.75) is 12.8 Å². The van der Waals surface area contributed by atoms with Crippen LogP contribution < -0.4 is 16.0 Å². The van der Waals surface area contributed by atoms with Crippen molar-refractivity contribution in [2.24, 2.45) is 9.98 Å². The molecule has 16 heavy (non-hydrogen) atoms. The molecule has 0 saturated heterocycles. The van der Waals surface area contributed by atoms with Crippen LogP contribution in [0.3, 0.4) is 0 Å². The van der Waals surface area contributed by atoms with E-state index in [9.17, 15) is 0 Å². The maximum Gasteiger partial charge on any atom is 0.195 e. The predicted molar refractivity (Wildman–Crippen MR) is 64.3 cm³/mol. The first-order chi connectivity index (χ1) is 7.92. The van der Waals surface area contributed by atoms with E-state index in [1.54, 1.807) is 0 Å². The van der Waals surface area contributed by atoms with Gasteiger partial charge in [-0.2, -0.15) is 0 Å². The summed E-state index contributed by atoms with van der Waals surface area (Å²) in [5.74, 6) is 0.898. The Kier molecular flexibility index (Phi) is 2.36. The van der Waals surface area contributed by atoms with Crippen molar-refractivity contribution in [1.29, 1.82) is 0 Å². The first-order valence-electron chi connectivity index (χ1n) is 5.67. The molecule has 0 spiro atoms. The highest BCUT2D eigenvalue weighted by molar-refractivity contribution is 5.83. The van der Waals surface area contributed by atoms with Crippen molar-refractivity contribution >= 4 is 12.2 Å². The molecule has 0 atom stereocenters. The zero-order valence-corrected chi connectivity index (χ0v) is 9.08. The van der Waals surface area contributed by atoms with Crippen molar-refractivity contribution in [3.05, 3.63) is 23.2 Å². The molecule has 5 nitrogen and oxygen atoms in total. The lowest BCUT2D eigenvalue weighted by Crippen LogP contribution is -2.34. The summed E-state index contributed by atoms with van der Waals surface area (Å²) in [7, 11) is 0. The summed E-state index contributed by atoms with van der Waals surface area (Å²) in [5.41, 5.74) is 3.52. The zero-order valence-electron chi connectivity index (χ0n) is 9.08. The third kappa shape index (κ3) is 1.80. The van der Waals surface area contributed by atoms with Gasteiger partial charge in [0, 0.05) is 18.5 Å². The quantitative estimate of drug-likeness (QED) is 0.584. The maximum absolute atomic E-state index is 4.39. The van der Waals surface area contributed by atoms with E-state index in [0.29, 0.717) is 0 Å². The minimum absolute atomic E-state index is 0.821. The van der Waals surface area contributed by atoms with E-state index in [-0.39, 0.29) is 0 Å². The Hall–Kier alpha value is -1.78. The molecular weight excluding hydrogens is 202 g/mol. The molecule has 2 heterocycles. The van der Waals surface area contributed by atoms with Gasteiger partial charge in [0.25, 0.3) is 0 Å². The molecule has 2 aliphatic heterocycles. The van der Waals surface area contributed by atoms with E-state index in [4.69, 9.17) is 0 Å². The molecule has 3 aliphatic rings. The average Bonchev–Trinajstić information content (AvgIpc) is 2.82. The van der Waals surface area contributed by atoms with E-state index in [2.05, 4.69) is 32.0 Å². The van der Waals surface area contributed by atoms with Crippen molar-refractivity contribution in [1.82, 2.24) is 16.0 Å². The van der Waals surface area contributed by atoms with Crippen molar-refractivity contribution in [3.63, 3.8) is 0 Å². The summed E-state index contributed by atoms with van der Waals surface area (Å²) in [4.78, 5) is 8.71. The molecule has 0 saturated carbocycles. The van der Waals surface area contributed by atoms with Gasteiger partial charge in [-0.1, -0.05) is 0 Å². The second-order valence-corrected chi connectivity index (χ2v) is 4.00. The number of aliphatic imine (C=N–C) groups is 2. The summed E-state index contributed by atoms with van der Waals surface area (Å²) in [6, 6.07) is 0. The van der Waals surface area contributed by atoms with Gasteiger partial charge >= 0.3 is 0 Å². The largest absolute Gasteiger partial charge is 0.378 e. The summed E-state index contributed by atoms with van der Waals surface area (Å²) in [6.45, 7) is 2.63. The van der Waals surface area contributed by atoms with Crippen molar-refractivity contribution in [2.75, 3.05) is 19.6 Å². The number of guanidine groups is 1. The highest BCUT2D eigenvalue weighted by atomic mass is 15.2. The van der Waals surface area contributed by atoms with Gasteiger partial charge in [-0.25, -0.2) is 0 Å². The number of rotatable bonds is 1. The van der Waals surface area contributed by atoms with Crippen LogP contribution >= 0.6 is 0 Å². The Bertz CT molecular complexity index is 416. The van der Waals surface area contributed by atoms with Crippen LogP contribution in [-0.2, 0) is 0 Å². The molecule has 84 valence electrons. The zero-order chi connectivity index (χ0) is 10.8. The number of nitrogens with one attached hydrogen (secondary N) is 3. The molecule has 0 fully saturated rings. The molecule has 1 aliphatic carbocycles. The van der Waals surface area contributed by atoms with Crippen LogP contribution in [0.2, 0.25) is 0 Å². The third-order valence-corrected chi connectivity index (χ3v) is 2.84. The second-order valence-electron chi connectivity index (χ2n) is 4.00. The van der Waals surface area contributed by atoms with E-state index in [1.165, 1.54) is 5.70 Å². The average molecular weight is 217 g/mol. The van der Waals surface area contributed by atoms with E-state index < -0.39 is 0 Å². The summed E-state index contributed by atoms with van der Waals surface area (Å²) >= 11 is 0. The van der Waals surface area contributed by atoms with Gasteiger partial charge in [0.2, 0.25) is 0 Å². The van der Waals surface area contributed by atoms with Crippen LogP contribution in [0.5, 0.6) is 0 Å². The molecule has 0 aromatic rings. The molecule has 0 aromatic carbocycles. The minimum Gasteiger partial charge on any atom is -0.378 e. The summed E-state index contributed by atoms with van der Waals surface area (Å²) < 4.78 is 0. The van der Waals surface area contributed by atoms with Gasteiger partial charge in [0.05, 0.1) is 24.5 Å². The van der Waals surface area contributed by atoms with Gasteiger partial charge < -0.3 is 16.0 Å². The first kappa shape index (κ1) is 9.45. The van der Waals surface area contributed by atoms with Gasteiger partial charge in [-0.3, -0.25) is 9.98 Å². The molecule has 0 radical (unpaired) electrons. The molecule has 0 aromatic heterocycles. The van der Waals surface area contributed by atoms with Crippen molar-refractivity contribution in [3.8, 4) is 0 Å². The normalized spacial score (nSPS) is 23.0. The predicted octanol–water partition coefficient (Wildman–Crippen LogP) is 0.0985. The van der Waals surface area contributed by atoms with E-state index in [0.717, 1.165) is 49.8 Å². The monoisotopic (exact) mass is 217 g/mol. The van der Waals surface area contributed by atoms with Crippen LogP contribution in [0.15, 0.2) is 33.2 Å². The topological polar surface area (TPSA) is 60.8 Å². The lowest BCUT2D eigenvalue weighted by Gasteiger charge is -2.21. The number of hydrogen-bond acceptors (Lipinski definition) is 5. The van der Waals surface area contributed by atoms with Gasteiger partial charge in [-0.05, 0) is 18.9 Å². The van der Waals surface area contributed by atoms with E-state index >= 15 is 0 Å². The first-order valence-corrected chi connectivity index (χ1v) is 5.67. The second kappa shape index (κ2) is 4.00. The smallest absolute Gasteiger partial charge is 0.195 e. The Morgan fingerprint density at radius 2 is 2.25 bits per heavy atom. The Morgan fingerprint density at radius 1 is 1.25 bits per heavy atom. The highest BCUT2D eigenvalue weighted by Crippen LogP contribution is 2.23. The fraction of sp³-hybridized carbons (Fsp3) is 0.455. The van der Waals surface area contributed by atoms with Gasteiger partial charge in [-0.15, -0.1) is 0 Å². The van der Waals surface area contributed by atoms with Crippen LogP contribution in [-0.4, -0.2) is 31.8 Å². The maximum atomic E-state index is 4.39. The molecular formula is C11H15N5. The summed E-state index contributed by atoms with van der Waals surface area (Å²) in [6.07, 6.45) is 6.05. The lowest BCUT2D eigenvalue weighted by atomic mass is 10.0. The molecule has 0 bridgehead atoms. The Balaban J connectivity index is 1.75. The number of nitrogens with zero attached hydrogens (tertiary/aromatic N) is 2. The molecule has 3 rings (SSSR count). The standard InChI is InChI=1S/C11H15N5/c1-2-9-10(13-4-3-12-9)7-8(1)16-11-14-5-6-15-11/h3,7,13H,1-2,4-6H2,(H2,14,15,16). The third-order valence-electron chi connectivity index (χ3n) is 2.84. The fourth-order valence-electron chi connectivity index (χ4n) is 2.05. The summed E-state index contributed by atoms with van der Waals surface area (Å²) in [5, 5.41) is 9.86. The Labute approximate surface area is 94.4 Å². The number of hydrogen-bond donors (Lipinski definition) is 3. The minimum atomic E-state index is 0.821. The van der Waals surface area contributed by atoms with Crippen LogP contribution in [0.4, 0.5) is 0 Å². The van der Waals surface area contributed by atoms with Gasteiger partial charge in [0.15, 0.2) is 5.96 Å². The lowest BCUT2D eigenvalue weighted by molar-refractivity contribution is 0.774. The Morgan fingerprint density at radius 3 is 3.12 bits per heavy atom. The molecule has 3 N–H and O–H groups in total. The fourth-order valence-corrected chi connectivity index (χ4v) is 2.05. The molecule has 0 unspecified atom stereocenters. The SMILES string of the molecule is C1=NC2=C(C=C(NC3=NCCN3)CC2)NC1. The van der Waals surface area contributed by atoms with Crippen LogP contribution in [0.25, 0.3) is 0 Å². The van der Waals surface area contributed by atoms with Gasteiger partial charge in [0.1, 0.15) is 0 Å². The van der Waals surface area contributed by atoms with Crippen molar-refractivity contribution < 1.29 is 0 Å². The van der Waals surface area contributed by atoms with Crippen LogP contribution in [0.1, 0.15) is 12.8 Å².